The van der Waals surface area contributed by atoms with E-state index < -0.39 is 0 Å². The van der Waals surface area contributed by atoms with E-state index in [4.69, 9.17) is 0 Å². The molecular weight excluding hydrogens is 246 g/mol. The van der Waals surface area contributed by atoms with Crippen molar-refractivity contribution in [3.05, 3.63) is 15.8 Å². The Bertz CT molecular complexity index is 430. The summed E-state index contributed by atoms with van der Waals surface area (Å²) in [5, 5.41) is 21.6. The zero-order valence-electron chi connectivity index (χ0n) is 12.1. The molecule has 0 amide bonds. The van der Waals surface area contributed by atoms with Crippen LogP contribution in [-0.4, -0.2) is 34.8 Å². The van der Waals surface area contributed by atoms with Gasteiger partial charge in [0.1, 0.15) is 5.69 Å². The van der Waals surface area contributed by atoms with Crippen molar-refractivity contribution in [3.63, 3.8) is 0 Å². The van der Waals surface area contributed by atoms with Gasteiger partial charge in [0.2, 0.25) is 5.82 Å². The number of hydrogen-bond donors (Lipinski definition) is 2. The molecule has 0 aliphatic heterocycles. The number of nitrogens with zero attached hydrogens (tertiary/aromatic N) is 3. The van der Waals surface area contributed by atoms with E-state index in [1.54, 1.807) is 11.6 Å². The third-order valence-corrected chi connectivity index (χ3v) is 2.88. The van der Waals surface area contributed by atoms with Gasteiger partial charge in [-0.15, -0.1) is 0 Å². The van der Waals surface area contributed by atoms with E-state index in [0.717, 1.165) is 13.0 Å². The Morgan fingerprint density at radius 3 is 2.68 bits per heavy atom. The van der Waals surface area contributed by atoms with Crippen molar-refractivity contribution in [2.45, 2.75) is 33.7 Å². The summed E-state index contributed by atoms with van der Waals surface area (Å²) in [6.45, 7) is 8.00. The summed E-state index contributed by atoms with van der Waals surface area (Å²) >= 11 is 0. The highest BCUT2D eigenvalue weighted by Gasteiger charge is 2.25. The number of nitro groups is 1. The van der Waals surface area contributed by atoms with E-state index in [0.29, 0.717) is 30.5 Å². The topological polar surface area (TPSA) is 85.0 Å². The van der Waals surface area contributed by atoms with Gasteiger partial charge in [-0.25, -0.2) is 4.68 Å². The Hall–Kier alpha value is -1.63. The summed E-state index contributed by atoms with van der Waals surface area (Å²) in [7, 11) is 1.89. The minimum atomic E-state index is -0.362. The third kappa shape index (κ3) is 3.92. The van der Waals surface area contributed by atoms with Crippen LogP contribution in [0.15, 0.2) is 0 Å². The number of nitrogens with one attached hydrogen (secondary N) is 2. The molecule has 0 bridgehead atoms. The Morgan fingerprint density at radius 1 is 1.47 bits per heavy atom. The quantitative estimate of drug-likeness (QED) is 0.555. The van der Waals surface area contributed by atoms with Gasteiger partial charge >= 0.3 is 5.69 Å². The first-order valence-corrected chi connectivity index (χ1v) is 6.61. The standard InChI is InChI=1S/C12H23N5O2/c1-5-6-16-12(14-8-9(2)7-13-4)11(17(18)19)10(3)15-16/h9,13-14H,5-8H2,1-4H3. The number of anilines is 1. The van der Waals surface area contributed by atoms with Crippen molar-refractivity contribution in [1.29, 1.82) is 0 Å². The average molecular weight is 269 g/mol. The van der Waals surface area contributed by atoms with E-state index >= 15 is 0 Å². The van der Waals surface area contributed by atoms with E-state index in [9.17, 15) is 10.1 Å². The molecule has 0 fully saturated rings. The average Bonchev–Trinajstić information content (AvgIpc) is 2.63. The molecule has 7 heteroatoms. The highest BCUT2D eigenvalue weighted by Crippen LogP contribution is 2.28. The molecule has 1 unspecified atom stereocenters. The van der Waals surface area contributed by atoms with Crippen molar-refractivity contribution < 1.29 is 4.92 Å². The molecule has 0 radical (unpaired) electrons. The SMILES string of the molecule is CCCn1nc(C)c([N+](=O)[O-])c1NCC(C)CNC. The summed E-state index contributed by atoms with van der Waals surface area (Å²) in [6, 6.07) is 0. The number of aromatic nitrogens is 2. The predicted molar refractivity (Wildman–Crippen MR) is 75.5 cm³/mol. The lowest BCUT2D eigenvalue weighted by Crippen LogP contribution is -2.24. The second kappa shape index (κ2) is 7.08. The van der Waals surface area contributed by atoms with Crippen molar-refractivity contribution in [3.8, 4) is 0 Å². The predicted octanol–water partition coefficient (Wildman–Crippen LogP) is 1.78. The fourth-order valence-electron chi connectivity index (χ4n) is 2.03. The van der Waals surface area contributed by atoms with Crippen LogP contribution in [0.2, 0.25) is 0 Å². The van der Waals surface area contributed by atoms with Gasteiger partial charge in [0.25, 0.3) is 0 Å². The van der Waals surface area contributed by atoms with Gasteiger partial charge in [-0.3, -0.25) is 10.1 Å². The van der Waals surface area contributed by atoms with Gasteiger partial charge in [0.05, 0.1) is 4.92 Å². The Morgan fingerprint density at radius 2 is 2.16 bits per heavy atom. The molecule has 0 saturated carbocycles. The fourth-order valence-corrected chi connectivity index (χ4v) is 2.03. The normalized spacial score (nSPS) is 12.4. The Kier molecular flexibility index (Phi) is 5.75. The molecule has 19 heavy (non-hydrogen) atoms. The number of aryl methyl sites for hydroxylation is 2. The molecule has 0 saturated heterocycles. The van der Waals surface area contributed by atoms with E-state index in [1.165, 1.54) is 0 Å². The van der Waals surface area contributed by atoms with Crippen LogP contribution in [0.1, 0.15) is 26.0 Å². The van der Waals surface area contributed by atoms with Crippen molar-refractivity contribution in [2.75, 3.05) is 25.5 Å². The smallest absolute Gasteiger partial charge is 0.333 e. The molecule has 0 spiro atoms. The zero-order chi connectivity index (χ0) is 14.4. The Labute approximate surface area is 113 Å². The van der Waals surface area contributed by atoms with Crippen molar-refractivity contribution >= 4 is 11.5 Å². The van der Waals surface area contributed by atoms with Crippen molar-refractivity contribution in [2.24, 2.45) is 5.92 Å². The van der Waals surface area contributed by atoms with E-state index in [2.05, 4.69) is 22.7 Å². The molecule has 1 aromatic rings. The third-order valence-electron chi connectivity index (χ3n) is 2.88. The highest BCUT2D eigenvalue weighted by molar-refractivity contribution is 5.59. The molecule has 7 nitrogen and oxygen atoms in total. The molecule has 2 N–H and O–H groups in total. The minimum absolute atomic E-state index is 0.0881. The van der Waals surface area contributed by atoms with Gasteiger partial charge < -0.3 is 10.6 Å². The Balaban J connectivity index is 2.91. The summed E-state index contributed by atoms with van der Waals surface area (Å²) in [5.41, 5.74) is 0.548. The van der Waals surface area contributed by atoms with Gasteiger partial charge in [0, 0.05) is 13.1 Å². The molecule has 1 atom stereocenters. The molecule has 1 aromatic heterocycles. The molecule has 1 rings (SSSR count). The first-order chi connectivity index (χ1) is 9.01. The van der Waals surface area contributed by atoms with Crippen LogP contribution in [0.5, 0.6) is 0 Å². The lowest BCUT2D eigenvalue weighted by Gasteiger charge is -2.13. The van der Waals surface area contributed by atoms with Crippen LogP contribution < -0.4 is 10.6 Å². The van der Waals surface area contributed by atoms with Crippen LogP contribution >= 0.6 is 0 Å². The molecule has 0 aromatic carbocycles. The maximum absolute atomic E-state index is 11.1. The molecule has 0 aliphatic carbocycles. The molecular formula is C12H23N5O2. The van der Waals surface area contributed by atoms with Gasteiger partial charge in [-0.1, -0.05) is 13.8 Å². The van der Waals surface area contributed by atoms with E-state index in [-0.39, 0.29) is 10.6 Å². The van der Waals surface area contributed by atoms with E-state index in [1.807, 2.05) is 14.0 Å². The van der Waals surface area contributed by atoms with Crippen LogP contribution in [0.25, 0.3) is 0 Å². The summed E-state index contributed by atoms with van der Waals surface area (Å²) in [6.07, 6.45) is 0.888. The highest BCUT2D eigenvalue weighted by atomic mass is 16.6. The summed E-state index contributed by atoms with van der Waals surface area (Å²) in [4.78, 5) is 10.8. The molecule has 1 heterocycles. The van der Waals surface area contributed by atoms with Gasteiger partial charge in [-0.2, -0.15) is 5.10 Å². The van der Waals surface area contributed by atoms with Crippen LogP contribution in [0.4, 0.5) is 11.5 Å². The minimum Gasteiger partial charge on any atom is -0.364 e. The second-order valence-corrected chi connectivity index (χ2v) is 4.81. The van der Waals surface area contributed by atoms with Gasteiger partial charge in [0.15, 0.2) is 0 Å². The lowest BCUT2D eigenvalue weighted by atomic mass is 10.2. The molecule has 108 valence electrons. The maximum atomic E-state index is 11.1. The van der Waals surface area contributed by atoms with Crippen LogP contribution in [-0.2, 0) is 6.54 Å². The largest absolute Gasteiger partial charge is 0.364 e. The second-order valence-electron chi connectivity index (χ2n) is 4.81. The van der Waals surface area contributed by atoms with Gasteiger partial charge in [-0.05, 0) is 32.9 Å². The first kappa shape index (κ1) is 15.4. The van der Waals surface area contributed by atoms with Crippen molar-refractivity contribution in [1.82, 2.24) is 15.1 Å². The fraction of sp³-hybridized carbons (Fsp3) is 0.750. The van der Waals surface area contributed by atoms with Crippen LogP contribution in [0.3, 0.4) is 0 Å². The number of rotatable bonds is 8. The van der Waals surface area contributed by atoms with Crippen LogP contribution in [0, 0.1) is 23.0 Å². The molecule has 0 aliphatic rings. The summed E-state index contributed by atoms with van der Waals surface area (Å²) in [5.74, 6) is 0.905. The lowest BCUT2D eigenvalue weighted by molar-refractivity contribution is -0.384. The zero-order valence-corrected chi connectivity index (χ0v) is 12.1. The monoisotopic (exact) mass is 269 g/mol. The maximum Gasteiger partial charge on any atom is 0.333 e. The summed E-state index contributed by atoms with van der Waals surface area (Å²) < 4.78 is 1.69. The first-order valence-electron chi connectivity index (χ1n) is 6.61. The number of hydrogen-bond acceptors (Lipinski definition) is 5.